The van der Waals surface area contributed by atoms with E-state index in [2.05, 4.69) is 23.6 Å². The molecule has 3 rings (SSSR count). The number of aromatic nitrogens is 2. The van der Waals surface area contributed by atoms with Gasteiger partial charge in [-0.15, -0.1) is 0 Å². The molecule has 1 N–H and O–H groups in total. The van der Waals surface area contributed by atoms with Crippen molar-refractivity contribution >= 4 is 11.0 Å². The molecule has 1 unspecified atom stereocenters. The van der Waals surface area contributed by atoms with E-state index in [0.29, 0.717) is 12.3 Å². The minimum atomic E-state index is -0.318. The number of aliphatic hydroxyl groups is 1. The molecule has 1 aromatic heterocycles. The van der Waals surface area contributed by atoms with E-state index in [9.17, 15) is 5.11 Å². The van der Waals surface area contributed by atoms with Gasteiger partial charge >= 0.3 is 0 Å². The molecule has 0 saturated carbocycles. The maximum Gasteiger partial charge on any atom is 0.112 e. The number of aryl methyl sites for hydroxylation is 1. The van der Waals surface area contributed by atoms with E-state index in [4.69, 9.17) is 9.72 Å². The van der Waals surface area contributed by atoms with Gasteiger partial charge in [-0.3, -0.25) is 0 Å². The van der Waals surface area contributed by atoms with Gasteiger partial charge in [0, 0.05) is 26.2 Å². The lowest BCUT2D eigenvalue weighted by atomic mass is 9.92. The van der Waals surface area contributed by atoms with Crippen LogP contribution >= 0.6 is 0 Å². The van der Waals surface area contributed by atoms with Gasteiger partial charge in [-0.1, -0.05) is 19.1 Å². The second-order valence-electron chi connectivity index (χ2n) is 5.89. The normalized spacial score (nSPS) is 18.2. The third kappa shape index (κ3) is 3.11. The molecule has 1 fully saturated rings. The van der Waals surface area contributed by atoms with Gasteiger partial charge in [0.15, 0.2) is 0 Å². The number of aliphatic hydroxyl groups excluding tert-OH is 1. The van der Waals surface area contributed by atoms with Gasteiger partial charge < -0.3 is 14.4 Å². The van der Waals surface area contributed by atoms with E-state index < -0.39 is 0 Å². The quantitative estimate of drug-likeness (QED) is 0.920. The molecule has 4 heteroatoms. The van der Waals surface area contributed by atoms with Crippen molar-refractivity contribution in [1.29, 1.82) is 0 Å². The van der Waals surface area contributed by atoms with Crippen molar-refractivity contribution in [1.82, 2.24) is 9.55 Å². The Morgan fingerprint density at radius 3 is 2.86 bits per heavy atom. The van der Waals surface area contributed by atoms with Crippen LogP contribution in [0.4, 0.5) is 0 Å². The van der Waals surface area contributed by atoms with Crippen LogP contribution in [0.1, 0.15) is 32.0 Å². The Morgan fingerprint density at radius 1 is 1.33 bits per heavy atom. The molecule has 21 heavy (non-hydrogen) atoms. The summed E-state index contributed by atoms with van der Waals surface area (Å²) in [5, 5.41) is 10.5. The average molecular weight is 288 g/mol. The molecule has 0 aliphatic carbocycles. The van der Waals surface area contributed by atoms with Crippen LogP contribution < -0.4 is 0 Å². The van der Waals surface area contributed by atoms with Crippen LogP contribution in [-0.2, 0) is 17.7 Å². The smallest absolute Gasteiger partial charge is 0.112 e. The Morgan fingerprint density at radius 2 is 2.10 bits per heavy atom. The standard InChI is InChI=1S/C17H24N2O2/c1-2-9-19-15-6-4-3-5-14(15)18-17(19)12-16(20)13-7-10-21-11-8-13/h3-6,13,16,20H,2,7-12H2,1H3. The zero-order valence-electron chi connectivity index (χ0n) is 12.7. The van der Waals surface area contributed by atoms with Gasteiger partial charge in [0.2, 0.25) is 0 Å². The summed E-state index contributed by atoms with van der Waals surface area (Å²) in [7, 11) is 0. The molecule has 4 nitrogen and oxygen atoms in total. The van der Waals surface area contributed by atoms with E-state index >= 15 is 0 Å². The first-order valence-electron chi connectivity index (χ1n) is 7.99. The van der Waals surface area contributed by atoms with Gasteiger partial charge in [-0.2, -0.15) is 0 Å². The lowest BCUT2D eigenvalue weighted by Gasteiger charge is -2.26. The van der Waals surface area contributed by atoms with Gasteiger partial charge in [0.25, 0.3) is 0 Å². The first kappa shape index (κ1) is 14.5. The minimum Gasteiger partial charge on any atom is -0.392 e. The molecule has 1 aromatic carbocycles. The number of hydrogen-bond acceptors (Lipinski definition) is 3. The van der Waals surface area contributed by atoms with E-state index in [-0.39, 0.29) is 6.10 Å². The molecule has 0 spiro atoms. The molecule has 1 aliphatic rings. The summed E-state index contributed by atoms with van der Waals surface area (Å²) >= 11 is 0. The maximum atomic E-state index is 10.5. The van der Waals surface area contributed by atoms with Crippen LogP contribution in [0, 0.1) is 5.92 Å². The largest absolute Gasteiger partial charge is 0.392 e. The molecular weight excluding hydrogens is 264 g/mol. The second-order valence-corrected chi connectivity index (χ2v) is 5.89. The Hall–Kier alpha value is -1.39. The molecule has 0 amide bonds. The minimum absolute atomic E-state index is 0.318. The predicted octanol–water partition coefficient (Wildman–Crippen LogP) is 2.78. The SMILES string of the molecule is CCCn1c(CC(O)C2CCOCC2)nc2ccccc21. The number of para-hydroxylation sites is 2. The zero-order valence-corrected chi connectivity index (χ0v) is 12.7. The number of hydrogen-bond donors (Lipinski definition) is 1. The summed E-state index contributed by atoms with van der Waals surface area (Å²) in [5.41, 5.74) is 2.20. The topological polar surface area (TPSA) is 47.3 Å². The van der Waals surface area contributed by atoms with E-state index in [0.717, 1.165) is 50.4 Å². The maximum absolute atomic E-state index is 10.5. The Kier molecular flexibility index (Phi) is 4.56. The molecule has 1 atom stereocenters. The highest BCUT2D eigenvalue weighted by Gasteiger charge is 2.24. The van der Waals surface area contributed by atoms with Crippen LogP contribution in [0.5, 0.6) is 0 Å². The fraction of sp³-hybridized carbons (Fsp3) is 0.588. The van der Waals surface area contributed by atoms with Crippen molar-refractivity contribution in [2.75, 3.05) is 13.2 Å². The molecule has 0 bridgehead atoms. The molecule has 0 radical (unpaired) electrons. The highest BCUT2D eigenvalue weighted by Crippen LogP contribution is 2.23. The third-order valence-electron chi connectivity index (χ3n) is 4.38. The van der Waals surface area contributed by atoms with Gasteiger partial charge in [0.05, 0.1) is 17.1 Å². The second kappa shape index (κ2) is 6.58. The summed E-state index contributed by atoms with van der Waals surface area (Å²) in [6, 6.07) is 8.23. The number of benzene rings is 1. The molecule has 2 aromatic rings. The van der Waals surface area contributed by atoms with Crippen molar-refractivity contribution in [3.8, 4) is 0 Å². The fourth-order valence-corrected chi connectivity index (χ4v) is 3.21. The first-order chi connectivity index (χ1) is 10.3. The van der Waals surface area contributed by atoms with Crippen molar-refractivity contribution in [2.45, 2.75) is 45.3 Å². The Balaban J connectivity index is 1.83. The summed E-state index contributed by atoms with van der Waals surface area (Å²) in [6.45, 7) is 4.67. The number of imidazole rings is 1. The van der Waals surface area contributed by atoms with E-state index in [1.807, 2.05) is 12.1 Å². The van der Waals surface area contributed by atoms with E-state index in [1.165, 1.54) is 5.52 Å². The zero-order chi connectivity index (χ0) is 14.7. The van der Waals surface area contributed by atoms with Crippen LogP contribution in [0.15, 0.2) is 24.3 Å². The summed E-state index contributed by atoms with van der Waals surface area (Å²) < 4.78 is 7.64. The highest BCUT2D eigenvalue weighted by molar-refractivity contribution is 5.75. The van der Waals surface area contributed by atoms with Crippen LogP contribution in [0.2, 0.25) is 0 Å². The molecular formula is C17H24N2O2. The van der Waals surface area contributed by atoms with Crippen LogP contribution in [0.25, 0.3) is 11.0 Å². The van der Waals surface area contributed by atoms with Crippen LogP contribution in [-0.4, -0.2) is 34.0 Å². The average Bonchev–Trinajstić information content (AvgIpc) is 2.86. The fourth-order valence-electron chi connectivity index (χ4n) is 3.21. The molecule has 114 valence electrons. The number of nitrogens with zero attached hydrogens (tertiary/aromatic N) is 2. The molecule has 1 aliphatic heterocycles. The summed E-state index contributed by atoms with van der Waals surface area (Å²) in [5.74, 6) is 1.35. The van der Waals surface area contributed by atoms with Crippen molar-refractivity contribution in [3.63, 3.8) is 0 Å². The van der Waals surface area contributed by atoms with Crippen LogP contribution in [0.3, 0.4) is 0 Å². The number of fused-ring (bicyclic) bond motifs is 1. The van der Waals surface area contributed by atoms with Crippen molar-refractivity contribution < 1.29 is 9.84 Å². The highest BCUT2D eigenvalue weighted by atomic mass is 16.5. The number of ether oxygens (including phenoxy) is 1. The molecule has 1 saturated heterocycles. The monoisotopic (exact) mass is 288 g/mol. The van der Waals surface area contributed by atoms with Crippen molar-refractivity contribution in [2.24, 2.45) is 5.92 Å². The Labute approximate surface area is 125 Å². The lowest BCUT2D eigenvalue weighted by molar-refractivity contribution is 0.00745. The molecule has 2 heterocycles. The van der Waals surface area contributed by atoms with Gasteiger partial charge in [-0.05, 0) is 37.3 Å². The predicted molar refractivity (Wildman–Crippen MR) is 83.3 cm³/mol. The Bertz CT molecular complexity index is 587. The van der Waals surface area contributed by atoms with Crippen molar-refractivity contribution in [3.05, 3.63) is 30.1 Å². The first-order valence-corrected chi connectivity index (χ1v) is 7.99. The number of rotatable bonds is 5. The third-order valence-corrected chi connectivity index (χ3v) is 4.38. The summed E-state index contributed by atoms with van der Waals surface area (Å²) in [6.07, 6.45) is 3.30. The van der Waals surface area contributed by atoms with Gasteiger partial charge in [0.1, 0.15) is 5.82 Å². The van der Waals surface area contributed by atoms with E-state index in [1.54, 1.807) is 0 Å². The lowest BCUT2D eigenvalue weighted by Crippen LogP contribution is -2.29. The van der Waals surface area contributed by atoms with Gasteiger partial charge in [-0.25, -0.2) is 4.98 Å². The summed E-state index contributed by atoms with van der Waals surface area (Å²) in [4.78, 5) is 4.74.